The zero-order valence-corrected chi connectivity index (χ0v) is 14.7. The van der Waals surface area contributed by atoms with Gasteiger partial charge in [0.05, 0.1) is 17.0 Å². The smallest absolute Gasteiger partial charge is 0.410 e. The van der Waals surface area contributed by atoms with Crippen molar-refractivity contribution < 1.29 is 17.9 Å². The molecule has 8 heteroatoms. The van der Waals surface area contributed by atoms with Crippen molar-refractivity contribution in [3.63, 3.8) is 0 Å². The van der Waals surface area contributed by atoms with Crippen molar-refractivity contribution in [2.45, 2.75) is 51.0 Å². The number of rotatable bonds is 4. The van der Waals surface area contributed by atoms with E-state index in [4.69, 9.17) is 4.74 Å². The summed E-state index contributed by atoms with van der Waals surface area (Å²) in [4.78, 5) is 18.3. The Morgan fingerprint density at radius 2 is 2.23 bits per heavy atom. The summed E-state index contributed by atoms with van der Waals surface area (Å²) in [7, 11) is -3.28. The first kappa shape index (κ1) is 17.2. The van der Waals surface area contributed by atoms with Crippen LogP contribution in [0.1, 0.15) is 38.5 Å². The minimum absolute atomic E-state index is 0.0175. The summed E-state index contributed by atoms with van der Waals surface area (Å²) >= 11 is 1.33. The van der Waals surface area contributed by atoms with E-state index in [1.807, 2.05) is 0 Å². The maximum atomic E-state index is 12.3. The van der Waals surface area contributed by atoms with E-state index >= 15 is 0 Å². The Kier molecular flexibility index (Phi) is 5.11. The van der Waals surface area contributed by atoms with Crippen molar-refractivity contribution in [2.75, 3.05) is 12.3 Å². The molecule has 0 N–H and O–H groups in total. The summed E-state index contributed by atoms with van der Waals surface area (Å²) in [5.41, 5.74) is 1.04. The second-order valence-electron chi connectivity index (χ2n) is 6.49. The monoisotopic (exact) mass is 346 g/mol. The van der Waals surface area contributed by atoms with Crippen molar-refractivity contribution in [2.24, 2.45) is 0 Å². The SMILES string of the molecule is CC(C)(C)OC(=O)N1CCC[C@H]1CS(=O)(=O)Cc1cncs1. The minimum Gasteiger partial charge on any atom is -0.444 e. The van der Waals surface area contributed by atoms with Crippen LogP contribution in [0.2, 0.25) is 0 Å². The first-order chi connectivity index (χ1) is 10.2. The maximum Gasteiger partial charge on any atom is 0.410 e. The first-order valence-electron chi connectivity index (χ1n) is 7.24. The van der Waals surface area contributed by atoms with Crippen LogP contribution in [0.4, 0.5) is 4.79 Å². The van der Waals surface area contributed by atoms with Gasteiger partial charge in [0.2, 0.25) is 0 Å². The van der Waals surface area contributed by atoms with Gasteiger partial charge in [0.15, 0.2) is 9.84 Å². The van der Waals surface area contributed by atoms with Crippen molar-refractivity contribution in [1.82, 2.24) is 9.88 Å². The molecule has 1 aliphatic heterocycles. The molecule has 2 rings (SSSR count). The van der Waals surface area contributed by atoms with Gasteiger partial charge in [-0.2, -0.15) is 0 Å². The molecule has 1 aromatic rings. The molecule has 1 atom stereocenters. The van der Waals surface area contributed by atoms with E-state index in [0.717, 1.165) is 11.3 Å². The predicted molar refractivity (Wildman–Crippen MR) is 85.6 cm³/mol. The van der Waals surface area contributed by atoms with Gasteiger partial charge in [-0.15, -0.1) is 11.3 Å². The van der Waals surface area contributed by atoms with Crippen molar-refractivity contribution >= 4 is 27.3 Å². The Bertz CT molecular complexity index is 605. The van der Waals surface area contributed by atoms with Crippen LogP contribution < -0.4 is 0 Å². The van der Waals surface area contributed by atoms with E-state index in [0.29, 0.717) is 13.0 Å². The second-order valence-corrected chi connectivity index (χ2v) is 9.57. The van der Waals surface area contributed by atoms with Gasteiger partial charge in [0.25, 0.3) is 0 Å². The number of carbonyl (C=O) groups excluding carboxylic acids is 1. The Morgan fingerprint density at radius 1 is 1.50 bits per heavy atom. The standard InChI is InChI=1S/C14H22N2O4S2/c1-14(2,3)20-13(17)16-6-4-5-11(16)8-22(18,19)9-12-7-15-10-21-12/h7,10-11H,4-6,8-9H2,1-3H3/t11-/m0/s1. The molecule has 1 saturated heterocycles. The highest BCUT2D eigenvalue weighted by Crippen LogP contribution is 2.23. The highest BCUT2D eigenvalue weighted by Gasteiger charge is 2.35. The second kappa shape index (κ2) is 6.54. The van der Waals surface area contributed by atoms with Crippen LogP contribution in [0.5, 0.6) is 0 Å². The molecule has 124 valence electrons. The van der Waals surface area contributed by atoms with Gasteiger partial charge < -0.3 is 9.64 Å². The molecular formula is C14H22N2O4S2. The molecule has 0 saturated carbocycles. The Hall–Kier alpha value is -1.15. The Labute approximate surface area is 135 Å². The Balaban J connectivity index is 2.00. The minimum atomic E-state index is -3.28. The lowest BCUT2D eigenvalue weighted by atomic mass is 10.2. The van der Waals surface area contributed by atoms with Gasteiger partial charge in [0.1, 0.15) is 5.60 Å². The van der Waals surface area contributed by atoms with E-state index in [1.165, 1.54) is 11.3 Å². The molecular weight excluding hydrogens is 324 g/mol. The van der Waals surface area contributed by atoms with E-state index in [9.17, 15) is 13.2 Å². The average Bonchev–Trinajstić information content (AvgIpc) is 2.96. The van der Waals surface area contributed by atoms with Crippen LogP contribution in [-0.2, 0) is 20.3 Å². The largest absolute Gasteiger partial charge is 0.444 e. The zero-order valence-electron chi connectivity index (χ0n) is 13.1. The lowest BCUT2D eigenvalue weighted by Gasteiger charge is -2.28. The lowest BCUT2D eigenvalue weighted by molar-refractivity contribution is 0.0241. The van der Waals surface area contributed by atoms with Gasteiger partial charge in [-0.1, -0.05) is 0 Å². The molecule has 6 nitrogen and oxygen atoms in total. The number of carbonyl (C=O) groups is 1. The molecule has 1 fully saturated rings. The number of hydrogen-bond donors (Lipinski definition) is 0. The third-order valence-electron chi connectivity index (χ3n) is 3.30. The van der Waals surface area contributed by atoms with E-state index in [2.05, 4.69) is 4.98 Å². The van der Waals surface area contributed by atoms with Crippen LogP contribution in [-0.4, -0.2) is 48.3 Å². The van der Waals surface area contributed by atoms with Crippen LogP contribution in [0.25, 0.3) is 0 Å². The average molecular weight is 346 g/mol. The molecule has 0 spiro atoms. The third-order valence-corrected chi connectivity index (χ3v) is 5.90. The summed E-state index contributed by atoms with van der Waals surface area (Å²) < 4.78 is 30.0. The quantitative estimate of drug-likeness (QED) is 0.837. The molecule has 0 bridgehead atoms. The van der Waals surface area contributed by atoms with Gasteiger partial charge in [0, 0.05) is 23.7 Å². The van der Waals surface area contributed by atoms with Gasteiger partial charge >= 0.3 is 6.09 Å². The van der Waals surface area contributed by atoms with E-state index < -0.39 is 21.5 Å². The topological polar surface area (TPSA) is 76.6 Å². The molecule has 1 aromatic heterocycles. The molecule has 0 aliphatic carbocycles. The number of ether oxygens (including phenoxy) is 1. The molecule has 0 aromatic carbocycles. The molecule has 1 amide bonds. The van der Waals surface area contributed by atoms with Crippen molar-refractivity contribution in [3.8, 4) is 0 Å². The molecule has 1 aliphatic rings. The molecule has 2 heterocycles. The van der Waals surface area contributed by atoms with Gasteiger partial charge in [-0.25, -0.2) is 13.2 Å². The Morgan fingerprint density at radius 3 is 2.82 bits per heavy atom. The molecule has 0 radical (unpaired) electrons. The summed E-state index contributed by atoms with van der Waals surface area (Å²) in [6.45, 7) is 5.96. The first-order valence-corrected chi connectivity index (χ1v) is 9.94. The van der Waals surface area contributed by atoms with Crippen molar-refractivity contribution in [3.05, 3.63) is 16.6 Å². The molecule has 0 unspecified atom stereocenters. The lowest BCUT2D eigenvalue weighted by Crippen LogP contribution is -2.42. The van der Waals surface area contributed by atoms with Crippen LogP contribution in [0.15, 0.2) is 11.7 Å². The summed E-state index contributed by atoms with van der Waals surface area (Å²) in [6, 6.07) is -0.298. The summed E-state index contributed by atoms with van der Waals surface area (Å²) in [6.07, 6.45) is 2.65. The number of thiazole rings is 1. The van der Waals surface area contributed by atoms with Gasteiger partial charge in [-0.3, -0.25) is 4.98 Å². The van der Waals surface area contributed by atoms with Crippen molar-refractivity contribution in [1.29, 1.82) is 0 Å². The zero-order chi connectivity index (χ0) is 16.4. The van der Waals surface area contributed by atoms with Gasteiger partial charge in [-0.05, 0) is 33.6 Å². The van der Waals surface area contributed by atoms with Crippen LogP contribution in [0, 0.1) is 0 Å². The highest BCUT2D eigenvalue weighted by molar-refractivity contribution is 7.90. The number of nitrogens with zero attached hydrogens (tertiary/aromatic N) is 2. The van der Waals surface area contributed by atoms with E-state index in [-0.39, 0.29) is 17.5 Å². The number of hydrogen-bond acceptors (Lipinski definition) is 6. The van der Waals surface area contributed by atoms with E-state index in [1.54, 1.807) is 37.4 Å². The number of aromatic nitrogens is 1. The normalized spacial score (nSPS) is 19.4. The third kappa shape index (κ3) is 4.95. The summed E-state index contributed by atoms with van der Waals surface area (Å²) in [5, 5.41) is 0. The molecule has 22 heavy (non-hydrogen) atoms. The number of likely N-dealkylation sites (tertiary alicyclic amines) is 1. The van der Waals surface area contributed by atoms with Crippen LogP contribution in [0.3, 0.4) is 0 Å². The summed E-state index contributed by atoms with van der Waals surface area (Å²) in [5.74, 6) is -0.0412. The number of sulfone groups is 1. The fourth-order valence-corrected chi connectivity index (χ4v) is 5.20. The number of amides is 1. The maximum absolute atomic E-state index is 12.3. The highest BCUT2D eigenvalue weighted by atomic mass is 32.2. The fourth-order valence-electron chi connectivity index (χ4n) is 2.45. The fraction of sp³-hybridized carbons (Fsp3) is 0.714. The van der Waals surface area contributed by atoms with Crippen LogP contribution >= 0.6 is 11.3 Å². The predicted octanol–water partition coefficient (Wildman–Crippen LogP) is 2.46.